The molecule has 0 aliphatic heterocycles. The van der Waals surface area contributed by atoms with Crippen LogP contribution in [0.3, 0.4) is 0 Å². The molecule has 0 spiro atoms. The van der Waals surface area contributed by atoms with Crippen molar-refractivity contribution in [3.05, 3.63) is 158 Å². The normalized spacial score (nSPS) is 11.7. The molecule has 7 aromatic carbocycles. The molecule has 2 heterocycles. The SMILES string of the molecule is c1ccc(N(c2ccc3c(c2)oc2c4ccccc4ccc32)c2ccc3c4ccccc4n(-c4ccccc4)c3c2)cc1. The largest absolute Gasteiger partial charge is 0.455 e. The Hall–Kier alpha value is -5.80. The zero-order chi connectivity index (χ0) is 28.3. The smallest absolute Gasteiger partial charge is 0.143 e. The van der Waals surface area contributed by atoms with Crippen molar-refractivity contribution in [2.45, 2.75) is 0 Å². The average molecular weight is 551 g/mol. The number of hydrogen-bond acceptors (Lipinski definition) is 2. The Kier molecular flexibility index (Phi) is 5.20. The molecule has 202 valence electrons. The van der Waals surface area contributed by atoms with E-state index >= 15 is 0 Å². The molecule has 0 fully saturated rings. The number of para-hydroxylation sites is 3. The molecule has 0 bridgehead atoms. The third-order valence-corrected chi connectivity index (χ3v) is 8.55. The lowest BCUT2D eigenvalue weighted by atomic mass is 10.1. The van der Waals surface area contributed by atoms with Gasteiger partial charge in [-0.3, -0.25) is 0 Å². The van der Waals surface area contributed by atoms with Crippen LogP contribution >= 0.6 is 0 Å². The molecular formula is C40H26N2O. The van der Waals surface area contributed by atoms with Crippen molar-refractivity contribution < 1.29 is 4.42 Å². The van der Waals surface area contributed by atoms with Gasteiger partial charge in [-0.15, -0.1) is 0 Å². The molecule has 43 heavy (non-hydrogen) atoms. The summed E-state index contributed by atoms with van der Waals surface area (Å²) in [4.78, 5) is 2.32. The van der Waals surface area contributed by atoms with Crippen LogP contribution in [0.5, 0.6) is 0 Å². The minimum atomic E-state index is 0.879. The second kappa shape index (κ2) is 9.37. The molecule has 0 saturated heterocycles. The Morgan fingerprint density at radius 3 is 1.88 bits per heavy atom. The van der Waals surface area contributed by atoms with Crippen LogP contribution in [0.25, 0.3) is 60.2 Å². The molecule has 0 aliphatic carbocycles. The standard InChI is InChI=1S/C40H26N2O/c1-3-12-28(13-4-1)41(31-21-24-35-36-22-19-27-11-7-8-16-32(27)40(36)43-39(35)26-31)30-20-23-34-33-17-9-10-18-37(33)42(38(34)25-30)29-14-5-2-6-15-29/h1-26H. The molecule has 0 amide bonds. The first-order valence-electron chi connectivity index (χ1n) is 14.6. The van der Waals surface area contributed by atoms with Gasteiger partial charge < -0.3 is 13.9 Å². The lowest BCUT2D eigenvalue weighted by Crippen LogP contribution is -2.09. The van der Waals surface area contributed by atoms with Crippen molar-refractivity contribution in [1.82, 2.24) is 4.57 Å². The van der Waals surface area contributed by atoms with Crippen LogP contribution in [0.4, 0.5) is 17.1 Å². The fraction of sp³-hybridized carbons (Fsp3) is 0. The topological polar surface area (TPSA) is 21.3 Å². The first-order chi connectivity index (χ1) is 21.3. The van der Waals surface area contributed by atoms with Crippen molar-refractivity contribution in [1.29, 1.82) is 0 Å². The van der Waals surface area contributed by atoms with Gasteiger partial charge in [0.15, 0.2) is 0 Å². The number of hydrogen-bond donors (Lipinski definition) is 0. The van der Waals surface area contributed by atoms with Crippen LogP contribution in [-0.2, 0) is 0 Å². The quantitative estimate of drug-likeness (QED) is 0.217. The number of benzene rings is 7. The van der Waals surface area contributed by atoms with E-state index in [0.717, 1.165) is 50.1 Å². The van der Waals surface area contributed by atoms with Gasteiger partial charge in [-0.1, -0.05) is 91.0 Å². The van der Waals surface area contributed by atoms with Crippen LogP contribution in [0.1, 0.15) is 0 Å². The zero-order valence-electron chi connectivity index (χ0n) is 23.3. The summed E-state index contributed by atoms with van der Waals surface area (Å²) in [6.07, 6.45) is 0. The maximum absolute atomic E-state index is 6.58. The predicted molar refractivity (Wildman–Crippen MR) is 180 cm³/mol. The maximum atomic E-state index is 6.58. The van der Waals surface area contributed by atoms with Gasteiger partial charge in [0.25, 0.3) is 0 Å². The number of fused-ring (bicyclic) bond motifs is 8. The summed E-state index contributed by atoms with van der Waals surface area (Å²) in [6, 6.07) is 56.0. The summed E-state index contributed by atoms with van der Waals surface area (Å²) in [6.45, 7) is 0. The first kappa shape index (κ1) is 23.9. The van der Waals surface area contributed by atoms with E-state index in [1.165, 1.54) is 27.2 Å². The van der Waals surface area contributed by atoms with E-state index in [9.17, 15) is 0 Å². The highest BCUT2D eigenvalue weighted by Crippen LogP contribution is 2.42. The molecule has 9 rings (SSSR count). The van der Waals surface area contributed by atoms with Gasteiger partial charge in [-0.05, 0) is 66.0 Å². The highest BCUT2D eigenvalue weighted by atomic mass is 16.3. The average Bonchev–Trinajstić information content (AvgIpc) is 3.61. The summed E-state index contributed by atoms with van der Waals surface area (Å²) < 4.78 is 8.95. The third kappa shape index (κ3) is 3.68. The summed E-state index contributed by atoms with van der Waals surface area (Å²) in [5, 5.41) is 7.06. The molecule has 0 atom stereocenters. The van der Waals surface area contributed by atoms with E-state index in [1.54, 1.807) is 0 Å². The van der Waals surface area contributed by atoms with Crippen LogP contribution in [0.15, 0.2) is 162 Å². The van der Waals surface area contributed by atoms with Crippen molar-refractivity contribution in [3.63, 3.8) is 0 Å². The Morgan fingerprint density at radius 1 is 0.419 bits per heavy atom. The van der Waals surface area contributed by atoms with E-state index in [-0.39, 0.29) is 0 Å². The second-order valence-electron chi connectivity index (χ2n) is 11.0. The van der Waals surface area contributed by atoms with Gasteiger partial charge in [0.2, 0.25) is 0 Å². The highest BCUT2D eigenvalue weighted by Gasteiger charge is 2.19. The van der Waals surface area contributed by atoms with Gasteiger partial charge in [-0.25, -0.2) is 0 Å². The van der Waals surface area contributed by atoms with Gasteiger partial charge in [-0.2, -0.15) is 0 Å². The Labute approximate surface area is 248 Å². The molecule has 0 saturated carbocycles. The summed E-state index contributed by atoms with van der Waals surface area (Å²) in [5.41, 5.74) is 8.54. The van der Waals surface area contributed by atoms with Crippen LogP contribution in [-0.4, -0.2) is 4.57 Å². The second-order valence-corrected chi connectivity index (χ2v) is 11.0. The van der Waals surface area contributed by atoms with Gasteiger partial charge in [0.05, 0.1) is 11.0 Å². The molecule has 3 heteroatoms. The summed E-state index contributed by atoms with van der Waals surface area (Å²) >= 11 is 0. The van der Waals surface area contributed by atoms with Crippen LogP contribution < -0.4 is 4.90 Å². The minimum Gasteiger partial charge on any atom is -0.455 e. The summed E-state index contributed by atoms with van der Waals surface area (Å²) in [7, 11) is 0. The monoisotopic (exact) mass is 550 g/mol. The van der Waals surface area contributed by atoms with Crippen molar-refractivity contribution >= 4 is 71.6 Å². The molecule has 0 aliphatic rings. The van der Waals surface area contributed by atoms with Gasteiger partial charge in [0, 0.05) is 55.7 Å². The fourth-order valence-electron chi connectivity index (χ4n) is 6.61. The third-order valence-electron chi connectivity index (χ3n) is 8.55. The van der Waals surface area contributed by atoms with Crippen molar-refractivity contribution in [2.24, 2.45) is 0 Å². The molecular weight excluding hydrogens is 524 g/mol. The van der Waals surface area contributed by atoms with E-state index < -0.39 is 0 Å². The Balaban J connectivity index is 1.29. The van der Waals surface area contributed by atoms with Crippen LogP contribution in [0, 0.1) is 0 Å². The number of aromatic nitrogens is 1. The lowest BCUT2D eigenvalue weighted by molar-refractivity contribution is 0.672. The maximum Gasteiger partial charge on any atom is 0.143 e. The molecule has 3 nitrogen and oxygen atoms in total. The van der Waals surface area contributed by atoms with E-state index in [0.29, 0.717) is 0 Å². The number of rotatable bonds is 4. The zero-order valence-corrected chi connectivity index (χ0v) is 23.3. The Morgan fingerprint density at radius 2 is 1.05 bits per heavy atom. The Bertz CT molecular complexity index is 2450. The highest BCUT2D eigenvalue weighted by molar-refractivity contribution is 6.15. The predicted octanol–water partition coefficient (Wildman–Crippen LogP) is 11.3. The molecule has 0 unspecified atom stereocenters. The van der Waals surface area contributed by atoms with E-state index in [2.05, 4.69) is 167 Å². The number of anilines is 3. The van der Waals surface area contributed by atoms with Crippen molar-refractivity contribution in [3.8, 4) is 5.69 Å². The number of furan rings is 1. The minimum absolute atomic E-state index is 0.879. The fourth-order valence-corrected chi connectivity index (χ4v) is 6.61. The first-order valence-corrected chi connectivity index (χ1v) is 14.6. The molecule has 0 N–H and O–H groups in total. The molecule has 0 radical (unpaired) electrons. The van der Waals surface area contributed by atoms with Crippen LogP contribution in [0.2, 0.25) is 0 Å². The lowest BCUT2D eigenvalue weighted by Gasteiger charge is -2.25. The molecule has 2 aromatic heterocycles. The van der Waals surface area contributed by atoms with Crippen molar-refractivity contribution in [2.75, 3.05) is 4.90 Å². The van der Waals surface area contributed by atoms with E-state index in [1.807, 2.05) is 0 Å². The van der Waals surface area contributed by atoms with Gasteiger partial charge >= 0.3 is 0 Å². The number of nitrogens with zero attached hydrogens (tertiary/aromatic N) is 2. The van der Waals surface area contributed by atoms with Gasteiger partial charge in [0.1, 0.15) is 11.2 Å². The summed E-state index contributed by atoms with van der Waals surface area (Å²) in [5.74, 6) is 0. The van der Waals surface area contributed by atoms with E-state index in [4.69, 9.17) is 4.42 Å². The molecule has 9 aromatic rings.